The molecule has 2 aliphatic rings. The highest BCUT2D eigenvalue weighted by molar-refractivity contribution is 6.11. The fourth-order valence-electron chi connectivity index (χ4n) is 3.42. The lowest BCUT2D eigenvalue weighted by molar-refractivity contribution is 0.0772. The van der Waals surface area contributed by atoms with Crippen molar-refractivity contribution < 1.29 is 10.3 Å². The van der Waals surface area contributed by atoms with E-state index < -0.39 is 5.60 Å². The molecule has 3 nitrogen and oxygen atoms in total. The Kier molecular flexibility index (Phi) is 2.44. The van der Waals surface area contributed by atoms with E-state index in [0.29, 0.717) is 12.1 Å². The van der Waals surface area contributed by atoms with Gasteiger partial charge in [0, 0.05) is 11.5 Å². The van der Waals surface area contributed by atoms with Crippen molar-refractivity contribution in [3.8, 4) is 0 Å². The van der Waals surface area contributed by atoms with Gasteiger partial charge in [-0.25, -0.2) is 0 Å². The predicted molar refractivity (Wildman–Crippen MR) is 65.5 cm³/mol. The van der Waals surface area contributed by atoms with Crippen LogP contribution in [0.2, 0.25) is 0 Å². The zero-order valence-electron chi connectivity index (χ0n) is 9.76. The number of benzene rings is 1. The van der Waals surface area contributed by atoms with Crippen LogP contribution < -0.4 is 0 Å². The first-order valence-electron chi connectivity index (χ1n) is 6.31. The minimum absolute atomic E-state index is 0.104. The van der Waals surface area contributed by atoms with Crippen LogP contribution in [0.5, 0.6) is 0 Å². The highest BCUT2D eigenvalue weighted by Crippen LogP contribution is 2.48. The van der Waals surface area contributed by atoms with Gasteiger partial charge in [0.25, 0.3) is 0 Å². The van der Waals surface area contributed by atoms with Gasteiger partial charge in [-0.15, -0.1) is 0 Å². The Labute approximate surface area is 101 Å². The highest BCUT2D eigenvalue weighted by Gasteiger charge is 2.50. The Balaban J connectivity index is 2.18. The molecule has 1 aromatic carbocycles. The smallest absolute Gasteiger partial charge is 0.119 e. The summed E-state index contributed by atoms with van der Waals surface area (Å²) < 4.78 is 0. The molecule has 1 aromatic rings. The third-order valence-corrected chi connectivity index (χ3v) is 4.23. The molecule has 0 aliphatic heterocycles. The average molecular weight is 231 g/mol. The van der Waals surface area contributed by atoms with E-state index in [0.717, 1.165) is 36.8 Å². The van der Waals surface area contributed by atoms with Crippen molar-refractivity contribution in [3.63, 3.8) is 0 Å². The largest absolute Gasteiger partial charge is 0.411 e. The molecule has 17 heavy (non-hydrogen) atoms. The molecule has 2 atom stereocenters. The van der Waals surface area contributed by atoms with Crippen molar-refractivity contribution in [1.82, 2.24) is 0 Å². The van der Waals surface area contributed by atoms with Gasteiger partial charge in [0.1, 0.15) is 11.3 Å². The second-order valence-electron chi connectivity index (χ2n) is 5.11. The standard InChI is InChI=1S/C14H17NO2/c16-14-9-5-1-2-8-12(14)10-6-3-4-7-11(10)13(14)15-17/h3-4,6-7,12,16-17H,1-2,5,8-9H2/b15-13-/t12-,14-/m1/s1. The van der Waals surface area contributed by atoms with E-state index in [1.807, 2.05) is 18.2 Å². The summed E-state index contributed by atoms with van der Waals surface area (Å²) in [4.78, 5) is 0. The van der Waals surface area contributed by atoms with Crippen molar-refractivity contribution >= 4 is 5.71 Å². The fraction of sp³-hybridized carbons (Fsp3) is 0.500. The van der Waals surface area contributed by atoms with Gasteiger partial charge >= 0.3 is 0 Å². The summed E-state index contributed by atoms with van der Waals surface area (Å²) in [5.74, 6) is 0.104. The van der Waals surface area contributed by atoms with Crippen LogP contribution in [0.1, 0.15) is 49.1 Å². The second-order valence-corrected chi connectivity index (χ2v) is 5.11. The maximum atomic E-state index is 10.9. The van der Waals surface area contributed by atoms with Gasteiger partial charge in [0.05, 0.1) is 0 Å². The van der Waals surface area contributed by atoms with E-state index in [4.69, 9.17) is 0 Å². The van der Waals surface area contributed by atoms with Gasteiger partial charge in [-0.1, -0.05) is 48.7 Å². The van der Waals surface area contributed by atoms with Crippen LogP contribution in [-0.4, -0.2) is 21.6 Å². The van der Waals surface area contributed by atoms with Gasteiger partial charge in [0.15, 0.2) is 0 Å². The summed E-state index contributed by atoms with van der Waals surface area (Å²) in [5.41, 5.74) is 1.59. The first kappa shape index (κ1) is 10.8. The lowest BCUT2D eigenvalue weighted by Gasteiger charge is -2.28. The number of oxime groups is 1. The zero-order valence-corrected chi connectivity index (χ0v) is 9.76. The quantitative estimate of drug-likeness (QED) is 0.532. The molecule has 0 aromatic heterocycles. The van der Waals surface area contributed by atoms with E-state index in [9.17, 15) is 10.3 Å². The molecule has 0 saturated heterocycles. The SMILES string of the molecule is O/N=C1/c2ccccc2[C@H]2CCCCC[C@]12O. The summed E-state index contributed by atoms with van der Waals surface area (Å²) in [5, 5.41) is 23.5. The van der Waals surface area contributed by atoms with Crippen molar-refractivity contribution in [2.75, 3.05) is 0 Å². The van der Waals surface area contributed by atoms with Crippen LogP contribution >= 0.6 is 0 Å². The number of aliphatic hydroxyl groups is 1. The molecule has 0 radical (unpaired) electrons. The van der Waals surface area contributed by atoms with Crippen molar-refractivity contribution in [2.45, 2.75) is 43.6 Å². The third kappa shape index (κ3) is 1.42. The van der Waals surface area contributed by atoms with E-state index in [1.54, 1.807) is 0 Å². The van der Waals surface area contributed by atoms with Crippen LogP contribution in [-0.2, 0) is 0 Å². The Morgan fingerprint density at radius 2 is 2.00 bits per heavy atom. The zero-order chi connectivity index (χ0) is 11.9. The number of nitrogens with zero attached hydrogens (tertiary/aromatic N) is 1. The normalized spacial score (nSPS) is 34.2. The molecule has 0 bridgehead atoms. The van der Waals surface area contributed by atoms with Gasteiger partial charge in [-0.2, -0.15) is 0 Å². The third-order valence-electron chi connectivity index (χ3n) is 4.23. The number of hydrogen-bond acceptors (Lipinski definition) is 3. The molecule has 1 fully saturated rings. The Morgan fingerprint density at radius 1 is 1.18 bits per heavy atom. The molecule has 90 valence electrons. The summed E-state index contributed by atoms with van der Waals surface area (Å²) in [6.07, 6.45) is 4.97. The monoisotopic (exact) mass is 231 g/mol. The molecule has 0 unspecified atom stereocenters. The second kappa shape index (κ2) is 3.84. The van der Waals surface area contributed by atoms with Crippen LogP contribution in [0.25, 0.3) is 0 Å². The van der Waals surface area contributed by atoms with Gasteiger partial charge in [-0.05, 0) is 18.4 Å². The lowest BCUT2D eigenvalue weighted by Crippen LogP contribution is -2.39. The Bertz CT molecular complexity index is 469. The molecule has 2 N–H and O–H groups in total. The van der Waals surface area contributed by atoms with Crippen molar-refractivity contribution in [2.24, 2.45) is 5.16 Å². The molecule has 0 amide bonds. The molecular weight excluding hydrogens is 214 g/mol. The first-order valence-corrected chi connectivity index (χ1v) is 6.31. The van der Waals surface area contributed by atoms with E-state index in [-0.39, 0.29) is 5.92 Å². The lowest BCUT2D eigenvalue weighted by atomic mass is 9.83. The van der Waals surface area contributed by atoms with E-state index in [2.05, 4.69) is 11.2 Å². The number of hydrogen-bond donors (Lipinski definition) is 2. The number of rotatable bonds is 0. The van der Waals surface area contributed by atoms with Crippen molar-refractivity contribution in [3.05, 3.63) is 35.4 Å². The fourth-order valence-corrected chi connectivity index (χ4v) is 3.42. The first-order chi connectivity index (χ1) is 8.27. The molecule has 0 spiro atoms. The minimum Gasteiger partial charge on any atom is -0.411 e. The molecule has 3 rings (SSSR count). The molecule has 0 heterocycles. The van der Waals surface area contributed by atoms with Crippen LogP contribution in [0.15, 0.2) is 29.4 Å². The molecule has 1 saturated carbocycles. The molecule has 2 aliphatic carbocycles. The summed E-state index contributed by atoms with van der Waals surface area (Å²) in [6, 6.07) is 7.91. The summed E-state index contributed by atoms with van der Waals surface area (Å²) in [7, 11) is 0. The maximum absolute atomic E-state index is 10.9. The van der Waals surface area contributed by atoms with Gasteiger partial charge in [-0.3, -0.25) is 0 Å². The van der Waals surface area contributed by atoms with E-state index >= 15 is 0 Å². The Morgan fingerprint density at radius 3 is 2.82 bits per heavy atom. The maximum Gasteiger partial charge on any atom is 0.119 e. The summed E-state index contributed by atoms with van der Waals surface area (Å²) in [6.45, 7) is 0. The van der Waals surface area contributed by atoms with Crippen molar-refractivity contribution in [1.29, 1.82) is 0 Å². The van der Waals surface area contributed by atoms with E-state index in [1.165, 1.54) is 0 Å². The Hall–Kier alpha value is -1.35. The number of fused-ring (bicyclic) bond motifs is 3. The minimum atomic E-state index is -0.949. The van der Waals surface area contributed by atoms with Gasteiger partial charge in [0.2, 0.25) is 0 Å². The topological polar surface area (TPSA) is 52.8 Å². The highest BCUT2D eigenvalue weighted by atomic mass is 16.4. The van der Waals surface area contributed by atoms with Gasteiger partial charge < -0.3 is 10.3 Å². The predicted octanol–water partition coefficient (Wildman–Crippen LogP) is 2.66. The van der Waals surface area contributed by atoms with Crippen LogP contribution in [0, 0.1) is 0 Å². The van der Waals surface area contributed by atoms with Crippen LogP contribution in [0.3, 0.4) is 0 Å². The molecule has 3 heteroatoms. The van der Waals surface area contributed by atoms with Crippen LogP contribution in [0.4, 0.5) is 0 Å². The summed E-state index contributed by atoms with van der Waals surface area (Å²) >= 11 is 0. The average Bonchev–Trinajstić information content (AvgIpc) is 2.47. The molecular formula is C14H17NO2.